The molecule has 2 aromatic carbocycles. The molecule has 0 spiro atoms. The van der Waals surface area contributed by atoms with Crippen molar-refractivity contribution in [2.75, 3.05) is 27.9 Å². The number of fused-ring (bicyclic) bond motifs is 1. The van der Waals surface area contributed by atoms with Gasteiger partial charge in [0.05, 0.1) is 27.6 Å². The van der Waals surface area contributed by atoms with Crippen LogP contribution in [0, 0.1) is 5.92 Å². The van der Waals surface area contributed by atoms with Gasteiger partial charge in [-0.3, -0.25) is 4.79 Å². The van der Waals surface area contributed by atoms with Crippen LogP contribution in [0.25, 0.3) is 27.7 Å². The van der Waals surface area contributed by atoms with Crippen LogP contribution in [-0.4, -0.2) is 33.8 Å². The molecule has 0 aliphatic carbocycles. The van der Waals surface area contributed by atoms with Gasteiger partial charge in [-0.15, -0.1) is 0 Å². The number of furan rings is 1. The van der Waals surface area contributed by atoms with Crippen LogP contribution in [0.4, 0.5) is 0 Å². The summed E-state index contributed by atoms with van der Waals surface area (Å²) in [7, 11) is 4.87. The van der Waals surface area contributed by atoms with Gasteiger partial charge in [0, 0.05) is 40.8 Å². The van der Waals surface area contributed by atoms with E-state index >= 15 is 0 Å². The number of carbonyl (C=O) groups excluding carboxylic acids is 1. The van der Waals surface area contributed by atoms with Gasteiger partial charge in [0.15, 0.2) is 0 Å². The number of hydrogen-bond acceptors (Lipinski definition) is 5. The van der Waals surface area contributed by atoms with Crippen molar-refractivity contribution in [2.24, 2.45) is 5.92 Å². The Labute approximate surface area is 189 Å². The van der Waals surface area contributed by atoms with Crippen molar-refractivity contribution in [3.8, 4) is 28.4 Å². The molecule has 3 aromatic rings. The smallest absolute Gasteiger partial charge is 0.244 e. The summed E-state index contributed by atoms with van der Waals surface area (Å²) < 4.78 is 22.4. The van der Waals surface area contributed by atoms with E-state index in [4.69, 9.17) is 18.6 Å². The lowest BCUT2D eigenvalue weighted by molar-refractivity contribution is -0.116. The third-order valence-electron chi connectivity index (χ3n) is 5.39. The fraction of sp³-hybridized carbons (Fsp3) is 0.346. The molecule has 0 fully saturated rings. The second-order valence-corrected chi connectivity index (χ2v) is 8.07. The first kappa shape index (κ1) is 23.3. The lowest BCUT2D eigenvalue weighted by atomic mass is 9.98. The van der Waals surface area contributed by atoms with Crippen LogP contribution in [0.3, 0.4) is 0 Å². The highest BCUT2D eigenvalue weighted by Gasteiger charge is 2.18. The number of benzene rings is 2. The second kappa shape index (κ2) is 10.3. The van der Waals surface area contributed by atoms with Gasteiger partial charge in [-0.25, -0.2) is 0 Å². The van der Waals surface area contributed by atoms with Crippen molar-refractivity contribution in [3.63, 3.8) is 0 Å². The minimum Gasteiger partial charge on any atom is -0.497 e. The largest absolute Gasteiger partial charge is 0.497 e. The van der Waals surface area contributed by atoms with Gasteiger partial charge in [0.25, 0.3) is 0 Å². The lowest BCUT2D eigenvalue weighted by Gasteiger charge is -2.12. The third-order valence-corrected chi connectivity index (χ3v) is 5.39. The standard InChI is InChI=1S/C26H31NO5/c1-16(2)9-10-27-26(28)11-17(3)19-13-21-22(15-32-25(21)14-24(19)31-6)20-12-18(29-4)7-8-23(20)30-5/h7-8,11-16H,9-10H2,1-6H3,(H,27,28)/b17-11+. The van der Waals surface area contributed by atoms with Crippen LogP contribution in [0.1, 0.15) is 32.8 Å². The lowest BCUT2D eigenvalue weighted by Crippen LogP contribution is -2.23. The van der Waals surface area contributed by atoms with Crippen molar-refractivity contribution in [3.05, 3.63) is 48.2 Å². The molecule has 1 N–H and O–H groups in total. The normalized spacial score (nSPS) is 11.7. The van der Waals surface area contributed by atoms with Gasteiger partial charge in [0.2, 0.25) is 5.91 Å². The maximum atomic E-state index is 12.4. The summed E-state index contributed by atoms with van der Waals surface area (Å²) in [6, 6.07) is 9.46. The summed E-state index contributed by atoms with van der Waals surface area (Å²) in [6.07, 6.45) is 4.24. The van der Waals surface area contributed by atoms with Gasteiger partial charge in [-0.1, -0.05) is 13.8 Å². The maximum Gasteiger partial charge on any atom is 0.244 e. The molecule has 0 atom stereocenters. The second-order valence-electron chi connectivity index (χ2n) is 8.07. The molecular weight excluding hydrogens is 406 g/mol. The molecule has 0 bridgehead atoms. The summed E-state index contributed by atoms with van der Waals surface area (Å²) in [5.74, 6) is 2.49. The zero-order valence-corrected chi connectivity index (χ0v) is 19.6. The van der Waals surface area contributed by atoms with Gasteiger partial charge in [-0.2, -0.15) is 0 Å². The summed E-state index contributed by atoms with van der Waals surface area (Å²) in [5, 5.41) is 3.83. The molecule has 0 aliphatic heterocycles. The number of allylic oxidation sites excluding steroid dienone is 1. The van der Waals surface area contributed by atoms with Crippen molar-refractivity contribution < 1.29 is 23.4 Å². The molecule has 3 rings (SSSR count). The zero-order valence-electron chi connectivity index (χ0n) is 19.6. The Morgan fingerprint density at radius 3 is 2.44 bits per heavy atom. The predicted molar refractivity (Wildman–Crippen MR) is 127 cm³/mol. The molecule has 0 unspecified atom stereocenters. The minimum absolute atomic E-state index is 0.118. The van der Waals surface area contributed by atoms with Crippen LogP contribution in [0.5, 0.6) is 17.2 Å². The first-order chi connectivity index (χ1) is 15.4. The van der Waals surface area contributed by atoms with Crippen LogP contribution >= 0.6 is 0 Å². The van der Waals surface area contributed by atoms with Crippen LogP contribution < -0.4 is 19.5 Å². The number of amides is 1. The van der Waals surface area contributed by atoms with Crippen molar-refractivity contribution in [1.82, 2.24) is 5.32 Å². The fourth-order valence-corrected chi connectivity index (χ4v) is 3.57. The average molecular weight is 438 g/mol. The number of hydrogen-bond donors (Lipinski definition) is 1. The highest BCUT2D eigenvalue weighted by Crippen LogP contribution is 2.41. The minimum atomic E-state index is -0.118. The van der Waals surface area contributed by atoms with Gasteiger partial charge in [0.1, 0.15) is 22.8 Å². The SMILES string of the molecule is COc1ccc(OC)c(-c2coc3cc(OC)c(/C(C)=C/C(=O)NCCC(C)C)cc23)c1. The molecule has 0 saturated carbocycles. The van der Waals surface area contributed by atoms with E-state index in [1.807, 2.05) is 37.3 Å². The first-order valence-electron chi connectivity index (χ1n) is 10.7. The van der Waals surface area contributed by atoms with Crippen molar-refractivity contribution in [2.45, 2.75) is 27.2 Å². The maximum absolute atomic E-state index is 12.4. The van der Waals surface area contributed by atoms with Gasteiger partial charge >= 0.3 is 0 Å². The van der Waals surface area contributed by atoms with Crippen LogP contribution in [0.15, 0.2) is 47.1 Å². The van der Waals surface area contributed by atoms with E-state index < -0.39 is 0 Å². The Balaban J connectivity index is 2.04. The van der Waals surface area contributed by atoms with Gasteiger partial charge in [-0.05, 0) is 49.1 Å². The quantitative estimate of drug-likeness (QED) is 0.436. The van der Waals surface area contributed by atoms with E-state index in [1.54, 1.807) is 33.7 Å². The van der Waals surface area contributed by atoms with Crippen LogP contribution in [0.2, 0.25) is 0 Å². The Morgan fingerprint density at radius 1 is 1.03 bits per heavy atom. The highest BCUT2D eigenvalue weighted by molar-refractivity contribution is 6.01. The molecule has 1 aromatic heterocycles. The highest BCUT2D eigenvalue weighted by atomic mass is 16.5. The Bertz CT molecular complexity index is 1130. The zero-order chi connectivity index (χ0) is 23.3. The molecule has 0 aliphatic rings. The predicted octanol–water partition coefficient (Wildman–Crippen LogP) is 5.69. The number of rotatable bonds is 9. The summed E-state index contributed by atoms with van der Waals surface area (Å²) in [6.45, 7) is 6.82. The Kier molecular flexibility index (Phi) is 7.46. The van der Waals surface area contributed by atoms with E-state index in [2.05, 4.69) is 19.2 Å². The summed E-state index contributed by atoms with van der Waals surface area (Å²) >= 11 is 0. The summed E-state index contributed by atoms with van der Waals surface area (Å²) in [5.41, 5.74) is 4.03. The molecule has 1 amide bonds. The molecule has 0 saturated heterocycles. The fourth-order valence-electron chi connectivity index (χ4n) is 3.57. The van der Waals surface area contributed by atoms with Crippen LogP contribution in [-0.2, 0) is 4.79 Å². The van der Waals surface area contributed by atoms with E-state index in [9.17, 15) is 4.79 Å². The summed E-state index contributed by atoms with van der Waals surface area (Å²) in [4.78, 5) is 12.4. The van der Waals surface area contributed by atoms with Crippen molar-refractivity contribution in [1.29, 1.82) is 0 Å². The molecule has 0 radical (unpaired) electrons. The Hall–Kier alpha value is -3.41. The van der Waals surface area contributed by atoms with E-state index in [-0.39, 0.29) is 5.91 Å². The van der Waals surface area contributed by atoms with E-state index in [0.717, 1.165) is 39.8 Å². The third kappa shape index (κ3) is 5.07. The number of methoxy groups -OCH3 is 3. The van der Waals surface area contributed by atoms with E-state index in [0.29, 0.717) is 29.5 Å². The molecular formula is C26H31NO5. The molecule has 32 heavy (non-hydrogen) atoms. The average Bonchev–Trinajstić information content (AvgIpc) is 3.20. The molecule has 6 heteroatoms. The van der Waals surface area contributed by atoms with E-state index in [1.165, 1.54) is 0 Å². The first-order valence-corrected chi connectivity index (χ1v) is 10.7. The number of carbonyl (C=O) groups is 1. The molecule has 6 nitrogen and oxygen atoms in total. The number of nitrogens with one attached hydrogen (secondary N) is 1. The van der Waals surface area contributed by atoms with Gasteiger partial charge < -0.3 is 23.9 Å². The number of ether oxygens (including phenoxy) is 3. The topological polar surface area (TPSA) is 69.9 Å². The Morgan fingerprint density at radius 2 is 1.78 bits per heavy atom. The molecule has 170 valence electrons. The monoisotopic (exact) mass is 437 g/mol. The van der Waals surface area contributed by atoms with Crippen molar-refractivity contribution >= 4 is 22.4 Å². The molecule has 1 heterocycles.